The number of rotatable bonds is 3. The lowest BCUT2D eigenvalue weighted by Gasteiger charge is -2.38. The van der Waals surface area contributed by atoms with Crippen molar-refractivity contribution in [3.63, 3.8) is 0 Å². The second-order valence-electron chi connectivity index (χ2n) is 6.71. The van der Waals surface area contributed by atoms with E-state index in [0.717, 1.165) is 24.6 Å². The Hall–Kier alpha value is -1.31. The molecule has 132 valence electrons. The molecule has 1 aromatic carbocycles. The van der Waals surface area contributed by atoms with Crippen molar-refractivity contribution in [2.24, 2.45) is 10.4 Å². The Kier molecular flexibility index (Phi) is 6.48. The van der Waals surface area contributed by atoms with Crippen LogP contribution in [0.3, 0.4) is 0 Å². The molecule has 6 heteroatoms. The minimum absolute atomic E-state index is 0. The molecule has 1 aliphatic carbocycles. The number of likely N-dealkylation sites (tertiary alicyclic amines) is 1. The first-order valence-electron chi connectivity index (χ1n) is 8.42. The molecule has 1 heterocycles. The van der Waals surface area contributed by atoms with Crippen molar-refractivity contribution in [1.82, 2.24) is 15.5 Å². The summed E-state index contributed by atoms with van der Waals surface area (Å²) in [4.78, 5) is 18.5. The zero-order valence-electron chi connectivity index (χ0n) is 14.5. The SMILES string of the molecule is CN=C(NCc1cccc(C(=O)NC)c1)N1CCC2(CCC2)C1.I. The molecule has 0 atom stereocenters. The van der Waals surface area contributed by atoms with Crippen molar-refractivity contribution in [2.75, 3.05) is 27.2 Å². The van der Waals surface area contributed by atoms with E-state index in [4.69, 9.17) is 0 Å². The second-order valence-corrected chi connectivity index (χ2v) is 6.71. The molecule has 3 rings (SSSR count). The van der Waals surface area contributed by atoms with Crippen LogP contribution < -0.4 is 10.6 Å². The van der Waals surface area contributed by atoms with Gasteiger partial charge in [-0.1, -0.05) is 18.6 Å². The minimum Gasteiger partial charge on any atom is -0.355 e. The highest BCUT2D eigenvalue weighted by molar-refractivity contribution is 14.0. The van der Waals surface area contributed by atoms with Crippen molar-refractivity contribution < 1.29 is 4.79 Å². The van der Waals surface area contributed by atoms with Gasteiger partial charge in [0.15, 0.2) is 5.96 Å². The van der Waals surface area contributed by atoms with Gasteiger partial charge < -0.3 is 15.5 Å². The first-order valence-corrected chi connectivity index (χ1v) is 8.42. The maximum Gasteiger partial charge on any atom is 0.251 e. The molecule has 1 saturated heterocycles. The number of aliphatic imine (C=N–C) groups is 1. The van der Waals surface area contributed by atoms with Gasteiger partial charge in [0.05, 0.1) is 0 Å². The maximum absolute atomic E-state index is 11.7. The average Bonchev–Trinajstić information content (AvgIpc) is 3.01. The Bertz CT molecular complexity index is 613. The van der Waals surface area contributed by atoms with Crippen LogP contribution in [0.2, 0.25) is 0 Å². The number of nitrogens with zero attached hydrogens (tertiary/aromatic N) is 2. The number of halogens is 1. The molecule has 2 aliphatic rings. The fourth-order valence-electron chi connectivity index (χ4n) is 3.68. The Labute approximate surface area is 161 Å². The molecule has 0 radical (unpaired) electrons. The first kappa shape index (κ1) is 19.0. The Morgan fingerprint density at radius 1 is 1.33 bits per heavy atom. The highest BCUT2D eigenvalue weighted by atomic mass is 127. The summed E-state index contributed by atoms with van der Waals surface area (Å²) in [7, 11) is 3.49. The number of carbonyl (C=O) groups is 1. The summed E-state index contributed by atoms with van der Waals surface area (Å²) in [5.74, 6) is 0.918. The van der Waals surface area contributed by atoms with E-state index in [9.17, 15) is 4.79 Å². The van der Waals surface area contributed by atoms with Gasteiger partial charge in [0.25, 0.3) is 5.91 Å². The minimum atomic E-state index is -0.0531. The van der Waals surface area contributed by atoms with Gasteiger partial charge >= 0.3 is 0 Å². The van der Waals surface area contributed by atoms with E-state index in [2.05, 4.69) is 20.5 Å². The number of hydrogen-bond acceptors (Lipinski definition) is 2. The van der Waals surface area contributed by atoms with Crippen LogP contribution in [0.25, 0.3) is 0 Å². The van der Waals surface area contributed by atoms with E-state index >= 15 is 0 Å². The summed E-state index contributed by atoms with van der Waals surface area (Å²) in [6.07, 6.45) is 5.41. The molecule has 1 aromatic rings. The van der Waals surface area contributed by atoms with Crippen LogP contribution in [-0.2, 0) is 6.54 Å². The molecule has 1 aliphatic heterocycles. The molecular formula is C18H27IN4O. The smallest absolute Gasteiger partial charge is 0.251 e. The molecule has 0 unspecified atom stereocenters. The lowest BCUT2D eigenvalue weighted by Crippen LogP contribution is -2.42. The van der Waals surface area contributed by atoms with E-state index in [1.54, 1.807) is 7.05 Å². The van der Waals surface area contributed by atoms with Crippen molar-refractivity contribution in [1.29, 1.82) is 0 Å². The largest absolute Gasteiger partial charge is 0.355 e. The molecule has 1 amide bonds. The number of hydrogen-bond donors (Lipinski definition) is 2. The van der Waals surface area contributed by atoms with Gasteiger partial charge in [-0.05, 0) is 42.4 Å². The summed E-state index contributed by atoms with van der Waals surface area (Å²) >= 11 is 0. The van der Waals surface area contributed by atoms with Crippen LogP contribution in [0, 0.1) is 5.41 Å². The molecule has 0 aromatic heterocycles. The number of amides is 1. The average molecular weight is 442 g/mol. The molecule has 2 fully saturated rings. The second kappa shape index (κ2) is 8.18. The van der Waals surface area contributed by atoms with E-state index in [1.165, 1.54) is 25.7 Å². The monoisotopic (exact) mass is 442 g/mol. The molecule has 1 spiro atoms. The highest BCUT2D eigenvalue weighted by Crippen LogP contribution is 2.47. The zero-order valence-corrected chi connectivity index (χ0v) is 16.8. The molecule has 1 saturated carbocycles. The van der Waals surface area contributed by atoms with E-state index in [0.29, 0.717) is 17.5 Å². The third-order valence-corrected chi connectivity index (χ3v) is 5.23. The van der Waals surface area contributed by atoms with Crippen LogP contribution in [0.5, 0.6) is 0 Å². The zero-order chi connectivity index (χ0) is 16.3. The van der Waals surface area contributed by atoms with Crippen LogP contribution >= 0.6 is 24.0 Å². The van der Waals surface area contributed by atoms with Crippen LogP contribution in [0.15, 0.2) is 29.3 Å². The summed E-state index contributed by atoms with van der Waals surface area (Å²) in [5.41, 5.74) is 2.35. The van der Waals surface area contributed by atoms with Gasteiger partial charge in [0.1, 0.15) is 0 Å². The molecule has 5 nitrogen and oxygen atoms in total. The van der Waals surface area contributed by atoms with Gasteiger partial charge in [-0.2, -0.15) is 0 Å². The topological polar surface area (TPSA) is 56.7 Å². The lowest BCUT2D eigenvalue weighted by molar-refractivity contribution is 0.0963. The molecule has 0 bridgehead atoms. The van der Waals surface area contributed by atoms with Gasteiger partial charge in [0, 0.05) is 39.3 Å². The normalized spacial score (nSPS) is 18.8. The van der Waals surface area contributed by atoms with Crippen molar-refractivity contribution in [2.45, 2.75) is 32.2 Å². The van der Waals surface area contributed by atoms with E-state index < -0.39 is 0 Å². The molecular weight excluding hydrogens is 415 g/mol. The molecule has 2 N–H and O–H groups in total. The van der Waals surface area contributed by atoms with Gasteiger partial charge in [-0.3, -0.25) is 9.79 Å². The standard InChI is InChI=1S/C18H26N4O.HI/c1-19-16(23)15-6-3-5-14(11-15)12-21-17(20-2)22-10-9-18(13-22)7-4-8-18;/h3,5-6,11H,4,7-10,12-13H2,1-2H3,(H,19,23)(H,20,21);1H. The predicted octanol–water partition coefficient (Wildman–Crippen LogP) is 2.62. The summed E-state index contributed by atoms with van der Waals surface area (Å²) in [6.45, 7) is 2.91. The number of guanidine groups is 1. The van der Waals surface area contributed by atoms with Crippen LogP contribution in [0.4, 0.5) is 0 Å². The van der Waals surface area contributed by atoms with Crippen molar-refractivity contribution >= 4 is 35.8 Å². The summed E-state index contributed by atoms with van der Waals surface area (Å²) in [6, 6.07) is 7.71. The molecule has 24 heavy (non-hydrogen) atoms. The van der Waals surface area contributed by atoms with Gasteiger partial charge in [0.2, 0.25) is 0 Å². The van der Waals surface area contributed by atoms with E-state index in [1.807, 2.05) is 31.3 Å². The number of carbonyl (C=O) groups excluding carboxylic acids is 1. The number of nitrogens with one attached hydrogen (secondary N) is 2. The third-order valence-electron chi connectivity index (χ3n) is 5.23. The van der Waals surface area contributed by atoms with Gasteiger partial charge in [-0.15, -0.1) is 24.0 Å². The lowest BCUT2D eigenvalue weighted by atomic mass is 9.68. The summed E-state index contributed by atoms with van der Waals surface area (Å²) in [5, 5.41) is 6.10. The van der Waals surface area contributed by atoms with Crippen molar-refractivity contribution in [3.8, 4) is 0 Å². The van der Waals surface area contributed by atoms with Crippen molar-refractivity contribution in [3.05, 3.63) is 35.4 Å². The maximum atomic E-state index is 11.7. The highest BCUT2D eigenvalue weighted by Gasteiger charge is 2.43. The van der Waals surface area contributed by atoms with Crippen LogP contribution in [-0.4, -0.2) is 44.0 Å². The van der Waals surface area contributed by atoms with Gasteiger partial charge in [-0.25, -0.2) is 0 Å². The fraction of sp³-hybridized carbons (Fsp3) is 0.556. The Morgan fingerprint density at radius 2 is 2.12 bits per heavy atom. The quantitative estimate of drug-likeness (QED) is 0.430. The Morgan fingerprint density at radius 3 is 2.71 bits per heavy atom. The van der Waals surface area contributed by atoms with E-state index in [-0.39, 0.29) is 29.9 Å². The number of benzene rings is 1. The predicted molar refractivity (Wildman–Crippen MR) is 108 cm³/mol. The fourth-order valence-corrected chi connectivity index (χ4v) is 3.68. The third kappa shape index (κ3) is 4.02. The Balaban J connectivity index is 0.00000208. The van der Waals surface area contributed by atoms with Crippen LogP contribution in [0.1, 0.15) is 41.6 Å². The summed E-state index contributed by atoms with van der Waals surface area (Å²) < 4.78 is 0. The first-order chi connectivity index (χ1) is 11.2.